The van der Waals surface area contributed by atoms with Gasteiger partial charge in [-0.2, -0.15) is 0 Å². The van der Waals surface area contributed by atoms with E-state index < -0.39 is 4.77 Å². The van der Waals surface area contributed by atoms with Crippen LogP contribution in [0.4, 0.5) is 0 Å². The third kappa shape index (κ3) is 192. The van der Waals surface area contributed by atoms with Crippen LogP contribution in [0.15, 0.2) is 0 Å². The van der Waals surface area contributed by atoms with Crippen molar-refractivity contribution in [2.45, 2.75) is 18.6 Å². The molecule has 0 unspecified atom stereocenters. The molecule has 5 heavy (non-hydrogen) atoms. The van der Waals surface area contributed by atoms with E-state index in [0.717, 1.165) is 0 Å². The third-order valence-corrected chi connectivity index (χ3v) is 0. The second kappa shape index (κ2) is 1.21. The van der Waals surface area contributed by atoms with E-state index in [1.165, 1.54) is 0 Å². The summed E-state index contributed by atoms with van der Waals surface area (Å²) < 4.78 is -0.528. The Morgan fingerprint density at radius 2 is 1.60 bits per heavy atom. The van der Waals surface area contributed by atoms with E-state index in [-0.39, 0.29) is 0 Å². The molecule has 0 nitrogen and oxygen atoms in total. The molecule has 0 aromatic carbocycles. The molecule has 0 bridgehead atoms. The van der Waals surface area contributed by atoms with Crippen LogP contribution in [0, 0.1) is 0 Å². The van der Waals surface area contributed by atoms with Crippen LogP contribution >= 0.6 is 11.6 Å². The summed E-state index contributed by atoms with van der Waals surface area (Å²) in [5.41, 5.74) is 0. The smallest absolute Gasteiger partial charge is 0.0957 e. The Balaban J connectivity index is 3.02. The van der Waals surface area contributed by atoms with Gasteiger partial charge in [0.25, 0.3) is 0 Å². The Morgan fingerprint density at radius 1 is 1.60 bits per heavy atom. The van der Waals surface area contributed by atoms with Gasteiger partial charge in [-0.05, 0) is 0 Å². The van der Waals surface area contributed by atoms with Crippen LogP contribution in [0.25, 0.3) is 0 Å². The lowest BCUT2D eigenvalue weighted by Crippen LogP contribution is -2.06. The molecule has 0 rings (SSSR count). The maximum absolute atomic E-state index is 5.31. The van der Waals surface area contributed by atoms with E-state index in [1.54, 1.807) is 13.8 Å². The van der Waals surface area contributed by atoms with Crippen LogP contribution in [-0.4, -0.2) is 12.6 Å². The molecule has 0 atom stereocenters. The first kappa shape index (κ1) is 5.35. The van der Waals surface area contributed by atoms with Crippen LogP contribution in [0.1, 0.15) is 13.8 Å². The molecule has 0 aliphatic rings. The van der Waals surface area contributed by atoms with Crippen molar-refractivity contribution in [2.75, 3.05) is 0 Å². The van der Waals surface area contributed by atoms with Gasteiger partial charge in [-0.15, -0.1) is 11.6 Å². The summed E-state index contributed by atoms with van der Waals surface area (Å²) in [6.07, 6.45) is 0. The molecule has 28 valence electrons. The van der Waals surface area contributed by atoms with Gasteiger partial charge in [0, 0.05) is 4.77 Å². The van der Waals surface area contributed by atoms with Crippen molar-refractivity contribution >= 4 is 19.4 Å². The van der Waals surface area contributed by atoms with Gasteiger partial charge >= 0.3 is 0 Å². The molecule has 0 aliphatic heterocycles. The fraction of sp³-hybridized carbons (Fsp3) is 1.00. The lowest BCUT2D eigenvalue weighted by atomic mass is 9.91. The SMILES string of the molecule is [B]C(C)(C)Cl. The second-order valence-corrected chi connectivity index (χ2v) is 2.54. The maximum atomic E-state index is 5.31. The monoisotopic (exact) mass is 88.0 g/mol. The first-order valence-corrected chi connectivity index (χ1v) is 1.86. The zero-order valence-corrected chi connectivity index (χ0v) is 4.21. The van der Waals surface area contributed by atoms with E-state index >= 15 is 0 Å². The summed E-state index contributed by atoms with van der Waals surface area (Å²) in [5, 5.41) is 0. The van der Waals surface area contributed by atoms with Crippen molar-refractivity contribution < 1.29 is 0 Å². The van der Waals surface area contributed by atoms with E-state index in [2.05, 4.69) is 0 Å². The van der Waals surface area contributed by atoms with Crippen LogP contribution in [0.3, 0.4) is 0 Å². The highest BCUT2D eigenvalue weighted by Crippen LogP contribution is 2.03. The number of alkyl halides is 1. The lowest BCUT2D eigenvalue weighted by molar-refractivity contribution is 0.993. The van der Waals surface area contributed by atoms with Gasteiger partial charge in [-0.25, -0.2) is 0 Å². The van der Waals surface area contributed by atoms with E-state index in [9.17, 15) is 0 Å². The summed E-state index contributed by atoms with van der Waals surface area (Å²) >= 11 is 5.31. The van der Waals surface area contributed by atoms with Crippen molar-refractivity contribution in [1.82, 2.24) is 0 Å². The summed E-state index contributed by atoms with van der Waals surface area (Å²) in [6.45, 7) is 3.46. The highest BCUT2D eigenvalue weighted by atomic mass is 35.5. The normalized spacial score (nSPS) is 11.8. The fourth-order valence-electron chi connectivity index (χ4n) is 0. The summed E-state index contributed by atoms with van der Waals surface area (Å²) in [4.78, 5) is 0. The van der Waals surface area contributed by atoms with Crippen LogP contribution in [0.2, 0.25) is 0 Å². The summed E-state index contributed by atoms with van der Waals surface area (Å²) in [6, 6.07) is 0. The second-order valence-electron chi connectivity index (χ2n) is 1.56. The zero-order valence-electron chi connectivity index (χ0n) is 3.46. The Hall–Kier alpha value is 0.355. The van der Waals surface area contributed by atoms with E-state index in [1.807, 2.05) is 0 Å². The van der Waals surface area contributed by atoms with Gasteiger partial charge in [0.05, 0.1) is 7.85 Å². The van der Waals surface area contributed by atoms with Gasteiger partial charge < -0.3 is 0 Å². The summed E-state index contributed by atoms with van der Waals surface area (Å²) in [7, 11) is 5.12. The van der Waals surface area contributed by atoms with Crippen molar-refractivity contribution in [3.63, 3.8) is 0 Å². The Labute approximate surface area is 38.9 Å². The Kier molecular flexibility index (Phi) is 1.30. The van der Waals surface area contributed by atoms with E-state index in [0.29, 0.717) is 0 Å². The summed E-state index contributed by atoms with van der Waals surface area (Å²) in [5.74, 6) is 0. The topological polar surface area (TPSA) is 0 Å². The average Bonchev–Trinajstić information content (AvgIpc) is 0.722. The molecule has 0 amide bonds. The lowest BCUT2D eigenvalue weighted by Gasteiger charge is -2.02. The van der Waals surface area contributed by atoms with Crippen molar-refractivity contribution in [3.05, 3.63) is 0 Å². The first-order valence-electron chi connectivity index (χ1n) is 1.48. The highest BCUT2D eigenvalue weighted by Gasteiger charge is 1.99. The fourth-order valence-corrected chi connectivity index (χ4v) is 0. The van der Waals surface area contributed by atoms with Crippen molar-refractivity contribution in [2.24, 2.45) is 0 Å². The van der Waals surface area contributed by atoms with Gasteiger partial charge in [-0.3, -0.25) is 0 Å². The molecule has 2 heteroatoms. The standard InChI is InChI=1S/C3H6BCl/c1-3(2,4)5/h1-2H3. The van der Waals surface area contributed by atoms with Crippen LogP contribution < -0.4 is 0 Å². The molecular formula is C3H6BCl. The molecule has 0 aromatic rings. The third-order valence-electron chi connectivity index (χ3n) is 0. The minimum absolute atomic E-state index is 0.528. The molecule has 0 saturated heterocycles. The van der Waals surface area contributed by atoms with Crippen LogP contribution in [0.5, 0.6) is 0 Å². The predicted octanol–water partition coefficient (Wildman–Crippen LogP) is 1.13. The highest BCUT2D eigenvalue weighted by molar-refractivity contribution is 6.43. The Morgan fingerprint density at radius 3 is 1.60 bits per heavy atom. The molecule has 0 saturated carbocycles. The van der Waals surface area contributed by atoms with Gasteiger partial charge in [0.2, 0.25) is 0 Å². The van der Waals surface area contributed by atoms with E-state index in [4.69, 9.17) is 19.4 Å². The average molecular weight is 88.3 g/mol. The molecule has 0 fully saturated rings. The number of halogens is 1. The largest absolute Gasteiger partial charge is 0.131 e. The van der Waals surface area contributed by atoms with Gasteiger partial charge in [-0.1, -0.05) is 13.8 Å². The minimum Gasteiger partial charge on any atom is -0.131 e. The van der Waals surface area contributed by atoms with Crippen molar-refractivity contribution in [1.29, 1.82) is 0 Å². The van der Waals surface area contributed by atoms with Crippen LogP contribution in [-0.2, 0) is 0 Å². The quantitative estimate of drug-likeness (QED) is 0.308. The molecule has 0 aromatic heterocycles. The maximum Gasteiger partial charge on any atom is 0.0957 e. The molecule has 0 heterocycles. The van der Waals surface area contributed by atoms with Crippen molar-refractivity contribution in [3.8, 4) is 0 Å². The molecule has 2 radical (unpaired) electrons. The first-order chi connectivity index (χ1) is 2.00. The number of hydrogen-bond donors (Lipinski definition) is 0. The minimum atomic E-state index is -0.528. The molecule has 0 spiro atoms. The number of rotatable bonds is 0. The molecular weight excluding hydrogens is 82.3 g/mol. The molecule has 0 aliphatic carbocycles. The van der Waals surface area contributed by atoms with Gasteiger partial charge in [0.15, 0.2) is 0 Å². The zero-order chi connectivity index (χ0) is 4.50. The Bertz CT molecular complexity index is 22.4. The molecule has 0 N–H and O–H groups in total. The number of hydrogen-bond acceptors (Lipinski definition) is 0. The van der Waals surface area contributed by atoms with Gasteiger partial charge in [0.1, 0.15) is 0 Å². The predicted molar refractivity (Wildman–Crippen MR) is 25.7 cm³/mol.